The van der Waals surface area contributed by atoms with E-state index >= 15 is 0 Å². The van der Waals surface area contributed by atoms with Crippen LogP contribution in [0.2, 0.25) is 10.0 Å². The van der Waals surface area contributed by atoms with Gasteiger partial charge in [-0.3, -0.25) is 4.57 Å². The number of imidazole rings is 1. The number of aliphatic hydroxyl groups excluding tert-OH is 1. The molecule has 2 aromatic carbocycles. The summed E-state index contributed by atoms with van der Waals surface area (Å²) >= 11 is 13.5. The smallest absolute Gasteiger partial charge is 0.206 e. The molecule has 0 aliphatic rings. The van der Waals surface area contributed by atoms with E-state index in [0.29, 0.717) is 43.0 Å². The largest absolute Gasteiger partial charge is 0.493 e. The molecule has 0 fully saturated rings. The fourth-order valence-electron chi connectivity index (χ4n) is 2.92. The number of rotatable bonds is 6. The van der Waals surface area contributed by atoms with Gasteiger partial charge in [0.2, 0.25) is 5.06 Å². The van der Waals surface area contributed by atoms with E-state index in [9.17, 15) is 5.11 Å². The summed E-state index contributed by atoms with van der Waals surface area (Å²) < 4.78 is 17.9. The lowest BCUT2D eigenvalue weighted by Crippen LogP contribution is -1.94. The topological polar surface area (TPSA) is 78.6 Å². The average molecular weight is 452 g/mol. The molecule has 4 aromatic rings. The molecule has 0 spiro atoms. The van der Waals surface area contributed by atoms with Crippen LogP contribution in [-0.4, -0.2) is 40.7 Å². The molecule has 4 rings (SSSR count). The van der Waals surface area contributed by atoms with Gasteiger partial charge in [-0.2, -0.15) is 0 Å². The number of methoxy groups -OCH3 is 2. The molecular formula is C19H15Cl2N3O4S. The van der Waals surface area contributed by atoms with Gasteiger partial charge in [-0.25, -0.2) is 9.97 Å². The predicted molar refractivity (Wildman–Crippen MR) is 113 cm³/mol. The van der Waals surface area contributed by atoms with E-state index in [0.717, 1.165) is 11.0 Å². The van der Waals surface area contributed by atoms with Crippen molar-refractivity contribution >= 4 is 45.6 Å². The number of thiazole rings is 1. The highest BCUT2D eigenvalue weighted by Gasteiger charge is 2.19. The standard InChI is InChI=1S/C19H15Cl2N3O4S/c1-26-15-6-13-14(7-16(15)27-2)24(8-22-13)19-23-17(18(29-19)28-9-25)10-3-11(20)5-12(21)4-10/h3-8,25H,9H2,1-2H3. The Hall–Kier alpha value is -2.52. The number of aliphatic hydroxyl groups is 1. The van der Waals surface area contributed by atoms with Gasteiger partial charge in [0.15, 0.2) is 23.4 Å². The second-order valence-corrected chi connectivity index (χ2v) is 7.69. The Morgan fingerprint density at radius 1 is 1.03 bits per heavy atom. The van der Waals surface area contributed by atoms with Crippen LogP contribution in [0.3, 0.4) is 0 Å². The monoisotopic (exact) mass is 451 g/mol. The molecule has 0 atom stereocenters. The minimum Gasteiger partial charge on any atom is -0.493 e. The molecule has 0 bridgehead atoms. The van der Waals surface area contributed by atoms with Gasteiger partial charge >= 0.3 is 0 Å². The van der Waals surface area contributed by atoms with Crippen molar-refractivity contribution in [2.24, 2.45) is 0 Å². The minimum atomic E-state index is -0.487. The second-order valence-electron chi connectivity index (χ2n) is 5.87. The maximum atomic E-state index is 9.29. The number of fused-ring (bicyclic) bond motifs is 1. The van der Waals surface area contributed by atoms with E-state index in [1.165, 1.54) is 11.3 Å². The molecule has 0 aliphatic heterocycles. The third-order valence-corrected chi connectivity index (χ3v) is 5.58. The first-order valence-corrected chi connectivity index (χ1v) is 9.91. The van der Waals surface area contributed by atoms with Gasteiger partial charge in [-0.15, -0.1) is 0 Å². The highest BCUT2D eigenvalue weighted by atomic mass is 35.5. The number of halogens is 2. The lowest BCUT2D eigenvalue weighted by molar-refractivity contribution is 0.102. The summed E-state index contributed by atoms with van der Waals surface area (Å²) in [7, 11) is 3.14. The molecule has 1 N–H and O–H groups in total. The van der Waals surface area contributed by atoms with Crippen molar-refractivity contribution in [1.29, 1.82) is 0 Å². The third kappa shape index (κ3) is 3.72. The van der Waals surface area contributed by atoms with Gasteiger partial charge in [-0.1, -0.05) is 34.5 Å². The lowest BCUT2D eigenvalue weighted by Gasteiger charge is -2.07. The lowest BCUT2D eigenvalue weighted by atomic mass is 10.2. The van der Waals surface area contributed by atoms with Crippen LogP contribution in [0.5, 0.6) is 16.6 Å². The van der Waals surface area contributed by atoms with Crippen LogP contribution in [-0.2, 0) is 0 Å². The fraction of sp³-hybridized carbons (Fsp3) is 0.158. The Morgan fingerprint density at radius 2 is 1.72 bits per heavy atom. The quantitative estimate of drug-likeness (QED) is 0.424. The number of hydrogen-bond acceptors (Lipinski definition) is 7. The first-order chi connectivity index (χ1) is 14.0. The Balaban J connectivity index is 1.88. The highest BCUT2D eigenvalue weighted by molar-refractivity contribution is 7.16. The second kappa shape index (κ2) is 8.08. The molecule has 0 saturated heterocycles. The molecule has 0 radical (unpaired) electrons. The fourth-order valence-corrected chi connectivity index (χ4v) is 4.36. The van der Waals surface area contributed by atoms with Gasteiger partial charge in [0.25, 0.3) is 0 Å². The number of benzene rings is 2. The zero-order valence-corrected chi connectivity index (χ0v) is 17.7. The zero-order chi connectivity index (χ0) is 20.5. The van der Waals surface area contributed by atoms with Crippen LogP contribution >= 0.6 is 34.5 Å². The van der Waals surface area contributed by atoms with E-state index in [2.05, 4.69) is 9.97 Å². The summed E-state index contributed by atoms with van der Waals surface area (Å²) in [6.45, 7) is -0.487. The van der Waals surface area contributed by atoms with Crippen LogP contribution in [0.4, 0.5) is 0 Å². The average Bonchev–Trinajstić information content (AvgIpc) is 3.29. The molecule has 150 valence electrons. The van der Waals surface area contributed by atoms with Crippen molar-refractivity contribution in [3.8, 4) is 33.0 Å². The van der Waals surface area contributed by atoms with Gasteiger partial charge in [0.05, 0.1) is 25.3 Å². The highest BCUT2D eigenvalue weighted by Crippen LogP contribution is 2.40. The molecule has 0 saturated carbocycles. The van der Waals surface area contributed by atoms with Gasteiger partial charge < -0.3 is 19.3 Å². The number of aromatic nitrogens is 3. The van der Waals surface area contributed by atoms with Crippen molar-refractivity contribution < 1.29 is 19.3 Å². The Bertz CT molecular complexity index is 1170. The van der Waals surface area contributed by atoms with Crippen LogP contribution in [0.1, 0.15) is 0 Å². The van der Waals surface area contributed by atoms with Gasteiger partial charge in [0.1, 0.15) is 12.0 Å². The minimum absolute atomic E-state index is 0.433. The van der Waals surface area contributed by atoms with Crippen LogP contribution in [0.15, 0.2) is 36.7 Å². The summed E-state index contributed by atoms with van der Waals surface area (Å²) in [5.74, 6) is 1.16. The SMILES string of the molecule is COc1cc2ncn(-c3nc(-c4cc(Cl)cc(Cl)c4)c(OCO)s3)c2cc1OC. The number of hydrogen-bond donors (Lipinski definition) is 1. The molecule has 2 aromatic heterocycles. The van der Waals surface area contributed by atoms with Crippen molar-refractivity contribution in [3.63, 3.8) is 0 Å². The molecule has 2 heterocycles. The van der Waals surface area contributed by atoms with Crippen LogP contribution < -0.4 is 14.2 Å². The summed E-state index contributed by atoms with van der Waals surface area (Å²) in [6, 6.07) is 8.72. The summed E-state index contributed by atoms with van der Waals surface area (Å²) in [4.78, 5) is 9.11. The van der Waals surface area contributed by atoms with E-state index < -0.39 is 6.79 Å². The van der Waals surface area contributed by atoms with Crippen molar-refractivity contribution in [1.82, 2.24) is 14.5 Å². The molecule has 7 nitrogen and oxygen atoms in total. The van der Waals surface area contributed by atoms with E-state index in [1.54, 1.807) is 44.8 Å². The molecule has 0 unspecified atom stereocenters. The van der Waals surface area contributed by atoms with E-state index in [1.807, 2.05) is 10.6 Å². The molecule has 0 aliphatic carbocycles. The van der Waals surface area contributed by atoms with Gasteiger partial charge in [-0.05, 0) is 18.2 Å². The first-order valence-electron chi connectivity index (χ1n) is 8.34. The number of ether oxygens (including phenoxy) is 3. The van der Waals surface area contributed by atoms with E-state index in [-0.39, 0.29) is 0 Å². The maximum absolute atomic E-state index is 9.29. The molecule has 0 amide bonds. The summed E-state index contributed by atoms with van der Waals surface area (Å²) in [6.07, 6.45) is 1.65. The van der Waals surface area contributed by atoms with Crippen molar-refractivity contribution in [2.75, 3.05) is 21.0 Å². The Morgan fingerprint density at radius 3 is 2.38 bits per heavy atom. The zero-order valence-electron chi connectivity index (χ0n) is 15.3. The van der Waals surface area contributed by atoms with Crippen molar-refractivity contribution in [2.45, 2.75) is 0 Å². The molecule has 29 heavy (non-hydrogen) atoms. The first kappa shape index (κ1) is 19.8. The molecular weight excluding hydrogens is 437 g/mol. The summed E-state index contributed by atoms with van der Waals surface area (Å²) in [5.41, 5.74) is 2.69. The van der Waals surface area contributed by atoms with Gasteiger partial charge in [0, 0.05) is 27.7 Å². The van der Waals surface area contributed by atoms with Crippen LogP contribution in [0.25, 0.3) is 27.4 Å². The van der Waals surface area contributed by atoms with E-state index in [4.69, 9.17) is 37.4 Å². The van der Waals surface area contributed by atoms with Crippen LogP contribution in [0, 0.1) is 0 Å². The maximum Gasteiger partial charge on any atom is 0.206 e. The Labute approximate surface area is 180 Å². The summed E-state index contributed by atoms with van der Waals surface area (Å²) in [5, 5.41) is 11.3. The predicted octanol–water partition coefficient (Wildman–Crippen LogP) is 4.80. The Kier molecular flexibility index (Phi) is 5.51. The third-order valence-electron chi connectivity index (χ3n) is 4.18. The normalized spacial score (nSPS) is 11.1. The molecule has 10 heteroatoms. The van der Waals surface area contributed by atoms with Crippen molar-refractivity contribution in [3.05, 3.63) is 46.7 Å². The number of nitrogens with zero attached hydrogens (tertiary/aromatic N) is 3.